The Morgan fingerprint density at radius 2 is 2.43 bits per heavy atom. The van der Waals surface area contributed by atoms with E-state index in [1.165, 1.54) is 11.1 Å². The van der Waals surface area contributed by atoms with E-state index in [2.05, 4.69) is 25.7 Å². The second kappa shape index (κ2) is 5.66. The van der Waals surface area contributed by atoms with Crippen molar-refractivity contribution in [2.45, 2.75) is 32.7 Å². The van der Waals surface area contributed by atoms with Gasteiger partial charge in [-0.2, -0.15) is 0 Å². The molecule has 0 amide bonds. The molecule has 2 nitrogen and oxygen atoms in total. The highest BCUT2D eigenvalue weighted by Gasteiger charge is 2.11. The van der Waals surface area contributed by atoms with Crippen LogP contribution in [0.3, 0.4) is 0 Å². The Bertz CT molecular complexity index is 264. The van der Waals surface area contributed by atoms with Crippen molar-refractivity contribution in [3.63, 3.8) is 0 Å². The van der Waals surface area contributed by atoms with E-state index in [0.29, 0.717) is 6.04 Å². The molecule has 0 aliphatic heterocycles. The third-order valence-electron chi connectivity index (χ3n) is 2.14. The zero-order chi connectivity index (χ0) is 10.4. The van der Waals surface area contributed by atoms with Gasteiger partial charge in [0.1, 0.15) is 0 Å². The molecule has 2 heteroatoms. The molecule has 1 unspecified atom stereocenters. The van der Waals surface area contributed by atoms with Gasteiger partial charge < -0.3 is 9.73 Å². The highest BCUT2D eigenvalue weighted by atomic mass is 16.3. The number of hydrogen-bond donors (Lipinski definition) is 1. The molecular formula is C12H19NO. The van der Waals surface area contributed by atoms with Crippen LogP contribution < -0.4 is 5.32 Å². The molecule has 0 spiro atoms. The van der Waals surface area contributed by atoms with Crippen LogP contribution in [0.5, 0.6) is 0 Å². The first-order chi connectivity index (χ1) is 6.74. The quantitative estimate of drug-likeness (QED) is 0.701. The standard InChI is InChI=1S/C12H19NO/c1-4-6-13-12(8-10(2)3)11-5-7-14-9-11/h5,7,9,12-13H,2,4,6,8H2,1,3H3. The van der Waals surface area contributed by atoms with Gasteiger partial charge in [-0.25, -0.2) is 0 Å². The molecule has 0 aliphatic carbocycles. The molecule has 1 heterocycles. The van der Waals surface area contributed by atoms with Crippen LogP contribution in [0.2, 0.25) is 0 Å². The van der Waals surface area contributed by atoms with Gasteiger partial charge in [-0.15, -0.1) is 6.58 Å². The molecule has 0 fully saturated rings. The zero-order valence-electron chi connectivity index (χ0n) is 9.05. The topological polar surface area (TPSA) is 25.2 Å². The van der Waals surface area contributed by atoms with Gasteiger partial charge in [0.05, 0.1) is 12.5 Å². The average molecular weight is 193 g/mol. The summed E-state index contributed by atoms with van der Waals surface area (Å²) in [5.41, 5.74) is 2.40. The van der Waals surface area contributed by atoms with Crippen LogP contribution in [-0.2, 0) is 0 Å². The van der Waals surface area contributed by atoms with E-state index in [-0.39, 0.29) is 0 Å². The van der Waals surface area contributed by atoms with Crippen molar-refractivity contribution < 1.29 is 4.42 Å². The number of rotatable bonds is 6. The smallest absolute Gasteiger partial charge is 0.0950 e. The molecule has 0 radical (unpaired) electrons. The molecule has 1 aromatic heterocycles. The van der Waals surface area contributed by atoms with Crippen LogP contribution in [-0.4, -0.2) is 6.54 Å². The third kappa shape index (κ3) is 3.38. The van der Waals surface area contributed by atoms with Crippen molar-refractivity contribution in [1.82, 2.24) is 5.32 Å². The molecule has 0 aliphatic rings. The summed E-state index contributed by atoms with van der Waals surface area (Å²) in [5, 5.41) is 3.48. The summed E-state index contributed by atoms with van der Waals surface area (Å²) < 4.78 is 5.09. The van der Waals surface area contributed by atoms with Gasteiger partial charge in [-0.05, 0) is 32.4 Å². The first-order valence-electron chi connectivity index (χ1n) is 5.14. The van der Waals surface area contributed by atoms with Crippen LogP contribution in [0.15, 0.2) is 35.2 Å². The minimum Gasteiger partial charge on any atom is -0.472 e. The van der Waals surface area contributed by atoms with Crippen LogP contribution in [0.4, 0.5) is 0 Å². The number of hydrogen-bond acceptors (Lipinski definition) is 2. The molecule has 0 saturated heterocycles. The lowest BCUT2D eigenvalue weighted by Gasteiger charge is -2.16. The summed E-state index contributed by atoms with van der Waals surface area (Å²) in [7, 11) is 0. The van der Waals surface area contributed by atoms with Gasteiger partial charge >= 0.3 is 0 Å². The average Bonchev–Trinajstić information content (AvgIpc) is 2.64. The SMILES string of the molecule is C=C(C)CC(NCCC)c1ccoc1. The predicted octanol–water partition coefficient (Wildman–Crippen LogP) is 3.29. The fourth-order valence-electron chi connectivity index (χ4n) is 1.45. The van der Waals surface area contributed by atoms with E-state index in [4.69, 9.17) is 4.42 Å². The van der Waals surface area contributed by atoms with Gasteiger partial charge in [0, 0.05) is 11.6 Å². The Labute approximate surface area is 86.0 Å². The van der Waals surface area contributed by atoms with Crippen molar-refractivity contribution in [3.8, 4) is 0 Å². The molecule has 1 rings (SSSR count). The largest absolute Gasteiger partial charge is 0.472 e. The lowest BCUT2D eigenvalue weighted by molar-refractivity contribution is 0.511. The van der Waals surface area contributed by atoms with Crippen LogP contribution in [0.25, 0.3) is 0 Å². The Hall–Kier alpha value is -1.02. The number of furan rings is 1. The molecule has 1 aromatic rings. The summed E-state index contributed by atoms with van der Waals surface area (Å²) in [5.74, 6) is 0. The first-order valence-corrected chi connectivity index (χ1v) is 5.14. The summed E-state index contributed by atoms with van der Waals surface area (Å²) in [6.07, 6.45) is 5.63. The maximum atomic E-state index is 5.09. The molecule has 0 aromatic carbocycles. The van der Waals surface area contributed by atoms with Crippen molar-refractivity contribution >= 4 is 0 Å². The van der Waals surface area contributed by atoms with Crippen LogP contribution >= 0.6 is 0 Å². The predicted molar refractivity (Wildman–Crippen MR) is 59.2 cm³/mol. The van der Waals surface area contributed by atoms with Crippen molar-refractivity contribution in [2.24, 2.45) is 0 Å². The fraction of sp³-hybridized carbons (Fsp3) is 0.500. The maximum absolute atomic E-state index is 5.09. The molecule has 78 valence electrons. The monoisotopic (exact) mass is 193 g/mol. The highest BCUT2D eigenvalue weighted by Crippen LogP contribution is 2.20. The minimum absolute atomic E-state index is 0.353. The van der Waals surface area contributed by atoms with Crippen LogP contribution in [0.1, 0.15) is 38.3 Å². The Morgan fingerprint density at radius 3 is 2.93 bits per heavy atom. The summed E-state index contributed by atoms with van der Waals surface area (Å²) in [6.45, 7) is 9.20. The Balaban J connectivity index is 2.57. The van der Waals surface area contributed by atoms with E-state index in [9.17, 15) is 0 Å². The maximum Gasteiger partial charge on any atom is 0.0950 e. The molecule has 0 bridgehead atoms. The summed E-state index contributed by atoms with van der Waals surface area (Å²) in [4.78, 5) is 0. The number of nitrogens with one attached hydrogen (secondary N) is 1. The third-order valence-corrected chi connectivity index (χ3v) is 2.14. The Kier molecular flexibility index (Phi) is 4.47. The van der Waals surface area contributed by atoms with Gasteiger partial charge in [-0.1, -0.05) is 12.5 Å². The minimum atomic E-state index is 0.353. The van der Waals surface area contributed by atoms with Gasteiger partial charge in [0.2, 0.25) is 0 Å². The molecular weight excluding hydrogens is 174 g/mol. The Morgan fingerprint density at radius 1 is 1.64 bits per heavy atom. The highest BCUT2D eigenvalue weighted by molar-refractivity contribution is 5.14. The van der Waals surface area contributed by atoms with Gasteiger partial charge in [0.15, 0.2) is 0 Å². The van der Waals surface area contributed by atoms with E-state index in [1.807, 2.05) is 6.07 Å². The van der Waals surface area contributed by atoms with Gasteiger partial charge in [0.25, 0.3) is 0 Å². The van der Waals surface area contributed by atoms with E-state index in [1.54, 1.807) is 12.5 Å². The van der Waals surface area contributed by atoms with Crippen molar-refractivity contribution in [3.05, 3.63) is 36.3 Å². The first kappa shape index (κ1) is 11.1. The summed E-state index contributed by atoms with van der Waals surface area (Å²) >= 11 is 0. The van der Waals surface area contributed by atoms with Crippen molar-refractivity contribution in [2.75, 3.05) is 6.54 Å². The normalized spacial score (nSPS) is 12.7. The molecule has 1 atom stereocenters. The van der Waals surface area contributed by atoms with E-state index >= 15 is 0 Å². The lowest BCUT2D eigenvalue weighted by atomic mass is 10.0. The molecule has 0 saturated carbocycles. The van der Waals surface area contributed by atoms with E-state index < -0.39 is 0 Å². The molecule has 1 N–H and O–H groups in total. The second-order valence-corrected chi connectivity index (χ2v) is 3.72. The fourth-order valence-corrected chi connectivity index (χ4v) is 1.45. The van der Waals surface area contributed by atoms with Crippen molar-refractivity contribution in [1.29, 1.82) is 0 Å². The van der Waals surface area contributed by atoms with Crippen LogP contribution in [0, 0.1) is 0 Å². The zero-order valence-corrected chi connectivity index (χ0v) is 9.05. The lowest BCUT2D eigenvalue weighted by Crippen LogP contribution is -2.21. The van der Waals surface area contributed by atoms with Gasteiger partial charge in [-0.3, -0.25) is 0 Å². The summed E-state index contributed by atoms with van der Waals surface area (Å²) in [6, 6.07) is 2.36. The second-order valence-electron chi connectivity index (χ2n) is 3.72. The molecule has 14 heavy (non-hydrogen) atoms. The van der Waals surface area contributed by atoms with E-state index in [0.717, 1.165) is 19.4 Å².